The highest BCUT2D eigenvalue weighted by atomic mass is 127. The molecule has 15 heavy (non-hydrogen) atoms. The van der Waals surface area contributed by atoms with Gasteiger partial charge >= 0.3 is 6.09 Å². The van der Waals surface area contributed by atoms with Gasteiger partial charge in [0.05, 0.1) is 9.77 Å². The van der Waals surface area contributed by atoms with E-state index in [1.54, 1.807) is 12.3 Å². The zero-order valence-corrected chi connectivity index (χ0v) is 11.0. The first-order chi connectivity index (χ1) is 6.88. The topological polar surface area (TPSA) is 51.2 Å². The van der Waals surface area contributed by atoms with Crippen molar-refractivity contribution in [2.45, 2.75) is 26.3 Å². The SMILES string of the molecule is CC(C)(C)NC(=O)Oc1cnccc1I. The number of rotatable bonds is 1. The van der Waals surface area contributed by atoms with Crippen LogP contribution in [-0.2, 0) is 0 Å². The molecule has 1 heterocycles. The molecule has 0 aliphatic carbocycles. The van der Waals surface area contributed by atoms with Crippen molar-refractivity contribution in [2.75, 3.05) is 0 Å². The number of amides is 1. The van der Waals surface area contributed by atoms with E-state index in [1.807, 2.05) is 20.8 Å². The van der Waals surface area contributed by atoms with Gasteiger partial charge in [0.25, 0.3) is 0 Å². The van der Waals surface area contributed by atoms with Crippen LogP contribution in [0.15, 0.2) is 18.5 Å². The minimum absolute atomic E-state index is 0.301. The highest BCUT2D eigenvalue weighted by Gasteiger charge is 2.15. The number of nitrogens with one attached hydrogen (secondary N) is 1. The monoisotopic (exact) mass is 320 g/mol. The molecule has 0 radical (unpaired) electrons. The molecule has 0 atom stereocenters. The van der Waals surface area contributed by atoms with Crippen LogP contribution < -0.4 is 10.1 Å². The summed E-state index contributed by atoms with van der Waals surface area (Å²) in [5, 5.41) is 2.70. The second-order valence-corrected chi connectivity index (χ2v) is 5.23. The minimum Gasteiger partial charge on any atom is -0.408 e. The summed E-state index contributed by atoms with van der Waals surface area (Å²) in [6.45, 7) is 5.67. The van der Waals surface area contributed by atoms with Crippen molar-refractivity contribution >= 4 is 28.7 Å². The van der Waals surface area contributed by atoms with E-state index in [2.05, 4.69) is 32.9 Å². The van der Waals surface area contributed by atoms with Gasteiger partial charge in [-0.25, -0.2) is 4.79 Å². The van der Waals surface area contributed by atoms with Crippen LogP contribution in [0.25, 0.3) is 0 Å². The van der Waals surface area contributed by atoms with Crippen LogP contribution in [0.1, 0.15) is 20.8 Å². The molecule has 0 bridgehead atoms. The number of aromatic nitrogens is 1. The normalized spacial score (nSPS) is 10.9. The molecule has 1 amide bonds. The van der Waals surface area contributed by atoms with Crippen LogP contribution in [0.3, 0.4) is 0 Å². The molecule has 1 aromatic heterocycles. The fourth-order valence-electron chi connectivity index (χ4n) is 0.870. The van der Waals surface area contributed by atoms with Crippen LogP contribution in [0, 0.1) is 3.57 Å². The Morgan fingerprint density at radius 3 is 2.73 bits per heavy atom. The highest BCUT2D eigenvalue weighted by Crippen LogP contribution is 2.18. The maximum absolute atomic E-state index is 11.4. The van der Waals surface area contributed by atoms with Gasteiger partial charge in [0.1, 0.15) is 0 Å². The van der Waals surface area contributed by atoms with E-state index in [0.29, 0.717) is 5.75 Å². The first-order valence-electron chi connectivity index (χ1n) is 4.48. The minimum atomic E-state index is -0.464. The highest BCUT2D eigenvalue weighted by molar-refractivity contribution is 14.1. The van der Waals surface area contributed by atoms with E-state index in [1.165, 1.54) is 6.20 Å². The average molecular weight is 320 g/mol. The fourth-order valence-corrected chi connectivity index (χ4v) is 1.28. The molecule has 0 aliphatic rings. The molecule has 0 aliphatic heterocycles. The third-order valence-corrected chi connectivity index (χ3v) is 2.31. The van der Waals surface area contributed by atoms with Gasteiger partial charge in [0.2, 0.25) is 0 Å². The van der Waals surface area contributed by atoms with E-state index >= 15 is 0 Å². The quantitative estimate of drug-likeness (QED) is 0.809. The number of carbonyl (C=O) groups excluding carboxylic acids is 1. The molecule has 1 rings (SSSR count). The van der Waals surface area contributed by atoms with Crippen molar-refractivity contribution in [3.63, 3.8) is 0 Å². The van der Waals surface area contributed by atoms with Gasteiger partial charge < -0.3 is 10.1 Å². The molecular formula is C10H13IN2O2. The van der Waals surface area contributed by atoms with Crippen molar-refractivity contribution < 1.29 is 9.53 Å². The van der Waals surface area contributed by atoms with E-state index in [4.69, 9.17) is 4.74 Å². The van der Waals surface area contributed by atoms with E-state index in [9.17, 15) is 4.79 Å². The van der Waals surface area contributed by atoms with Crippen molar-refractivity contribution in [1.82, 2.24) is 10.3 Å². The number of hydrogen-bond donors (Lipinski definition) is 1. The van der Waals surface area contributed by atoms with E-state index in [0.717, 1.165) is 3.57 Å². The largest absolute Gasteiger partial charge is 0.413 e. The number of halogens is 1. The van der Waals surface area contributed by atoms with Crippen molar-refractivity contribution in [3.05, 3.63) is 22.0 Å². The summed E-state index contributed by atoms with van der Waals surface area (Å²) >= 11 is 2.09. The molecule has 1 N–H and O–H groups in total. The predicted octanol–water partition coefficient (Wildman–Crippen LogP) is 2.57. The first kappa shape index (κ1) is 12.2. The lowest BCUT2D eigenvalue weighted by Gasteiger charge is -2.19. The number of hydrogen-bond acceptors (Lipinski definition) is 3. The lowest BCUT2D eigenvalue weighted by molar-refractivity contribution is 0.190. The van der Waals surface area contributed by atoms with Gasteiger partial charge in [-0.2, -0.15) is 0 Å². The van der Waals surface area contributed by atoms with Crippen molar-refractivity contribution in [2.24, 2.45) is 0 Å². The van der Waals surface area contributed by atoms with Gasteiger partial charge in [-0.3, -0.25) is 4.98 Å². The summed E-state index contributed by atoms with van der Waals surface area (Å²) in [6.07, 6.45) is 2.70. The molecule has 0 saturated carbocycles. The molecule has 0 saturated heterocycles. The molecule has 4 nitrogen and oxygen atoms in total. The number of pyridine rings is 1. The first-order valence-corrected chi connectivity index (χ1v) is 5.56. The Bertz CT molecular complexity index is 361. The Hall–Kier alpha value is -0.850. The Morgan fingerprint density at radius 1 is 1.53 bits per heavy atom. The third-order valence-electron chi connectivity index (χ3n) is 1.41. The third kappa shape index (κ3) is 4.46. The summed E-state index contributed by atoms with van der Waals surface area (Å²) in [6, 6.07) is 1.78. The molecule has 5 heteroatoms. The molecule has 0 aromatic carbocycles. The number of carbonyl (C=O) groups is 1. The zero-order chi connectivity index (χ0) is 11.5. The van der Waals surface area contributed by atoms with Crippen LogP contribution in [0.2, 0.25) is 0 Å². The number of ether oxygens (including phenoxy) is 1. The van der Waals surface area contributed by atoms with Crippen LogP contribution in [0.4, 0.5) is 4.79 Å². The maximum atomic E-state index is 11.4. The second kappa shape index (κ2) is 4.78. The summed E-state index contributed by atoms with van der Waals surface area (Å²) in [5.74, 6) is 0.472. The fraction of sp³-hybridized carbons (Fsp3) is 0.400. The summed E-state index contributed by atoms with van der Waals surface area (Å²) in [4.78, 5) is 15.3. The Morgan fingerprint density at radius 2 is 2.20 bits per heavy atom. The lowest BCUT2D eigenvalue weighted by Crippen LogP contribution is -2.42. The smallest absolute Gasteiger partial charge is 0.408 e. The van der Waals surface area contributed by atoms with Gasteiger partial charge in [-0.05, 0) is 49.4 Å². The maximum Gasteiger partial charge on any atom is 0.413 e. The van der Waals surface area contributed by atoms with Crippen molar-refractivity contribution in [3.8, 4) is 5.75 Å². The van der Waals surface area contributed by atoms with Gasteiger partial charge in [0.15, 0.2) is 5.75 Å². The summed E-state index contributed by atoms with van der Waals surface area (Å²) < 4.78 is 5.95. The van der Waals surface area contributed by atoms with Crippen molar-refractivity contribution in [1.29, 1.82) is 0 Å². The Kier molecular flexibility index (Phi) is 3.90. The van der Waals surface area contributed by atoms with E-state index in [-0.39, 0.29) is 5.54 Å². The molecule has 0 fully saturated rings. The lowest BCUT2D eigenvalue weighted by atomic mass is 10.1. The summed E-state index contributed by atoms with van der Waals surface area (Å²) in [7, 11) is 0. The van der Waals surface area contributed by atoms with Crippen LogP contribution in [0.5, 0.6) is 5.75 Å². The zero-order valence-electron chi connectivity index (χ0n) is 8.87. The number of nitrogens with zero attached hydrogens (tertiary/aromatic N) is 1. The van der Waals surface area contributed by atoms with Crippen LogP contribution >= 0.6 is 22.6 Å². The molecule has 1 aromatic rings. The van der Waals surface area contributed by atoms with Gasteiger partial charge in [-0.1, -0.05) is 0 Å². The molecule has 0 unspecified atom stereocenters. The second-order valence-electron chi connectivity index (χ2n) is 4.07. The molecule has 82 valence electrons. The Labute approximate surface area is 103 Å². The van der Waals surface area contributed by atoms with Gasteiger partial charge in [-0.15, -0.1) is 0 Å². The van der Waals surface area contributed by atoms with Gasteiger partial charge in [0, 0.05) is 11.7 Å². The van der Waals surface area contributed by atoms with E-state index < -0.39 is 6.09 Å². The van der Waals surface area contributed by atoms with Crippen LogP contribution in [-0.4, -0.2) is 16.6 Å². The standard InChI is InChI=1S/C10H13IN2O2/c1-10(2,3)13-9(14)15-8-6-12-5-4-7(8)11/h4-6H,1-3H3,(H,13,14). The molecule has 0 spiro atoms. The molecular weight excluding hydrogens is 307 g/mol. The summed E-state index contributed by atoms with van der Waals surface area (Å²) in [5.41, 5.74) is -0.301. The Balaban J connectivity index is 2.64. The predicted molar refractivity (Wildman–Crippen MR) is 65.9 cm³/mol. The average Bonchev–Trinajstić information content (AvgIpc) is 2.05.